The van der Waals surface area contributed by atoms with Crippen LogP contribution < -0.4 is 0 Å². The third-order valence-electron chi connectivity index (χ3n) is 4.03. The van der Waals surface area contributed by atoms with Crippen molar-refractivity contribution in [2.24, 2.45) is 0 Å². The Hall–Kier alpha value is -2.44. The summed E-state index contributed by atoms with van der Waals surface area (Å²) in [7, 11) is 0. The maximum atomic E-state index is 4.89. The van der Waals surface area contributed by atoms with Crippen molar-refractivity contribution in [3.63, 3.8) is 0 Å². The van der Waals surface area contributed by atoms with Crippen LogP contribution >= 0.6 is 23.5 Å². The minimum atomic E-state index is 0.968. The van der Waals surface area contributed by atoms with Crippen molar-refractivity contribution in [1.82, 2.24) is 19.9 Å². The van der Waals surface area contributed by atoms with Gasteiger partial charge in [-0.3, -0.25) is 0 Å². The fourth-order valence-electron chi connectivity index (χ4n) is 2.76. The Morgan fingerprint density at radius 2 is 1.44 bits per heavy atom. The van der Waals surface area contributed by atoms with Gasteiger partial charge in [0.2, 0.25) is 0 Å². The van der Waals surface area contributed by atoms with Crippen LogP contribution in [0.25, 0.3) is 22.5 Å². The van der Waals surface area contributed by atoms with E-state index in [1.54, 1.807) is 29.7 Å². The molecule has 0 spiro atoms. The number of aromatic nitrogens is 4. The SMILES string of the molecule is c1ccc(-c2nc(SCCCSc3ncc[nH]3)[nH]c2-c2ccccc2)cc1. The average Bonchev–Trinajstić information content (AvgIpc) is 3.39. The zero-order valence-electron chi connectivity index (χ0n) is 14.8. The molecule has 2 aromatic heterocycles. The summed E-state index contributed by atoms with van der Waals surface area (Å²) < 4.78 is 0. The molecule has 0 bridgehead atoms. The maximum Gasteiger partial charge on any atom is 0.166 e. The van der Waals surface area contributed by atoms with E-state index >= 15 is 0 Å². The topological polar surface area (TPSA) is 57.4 Å². The van der Waals surface area contributed by atoms with Crippen LogP contribution in [0.5, 0.6) is 0 Å². The molecule has 0 aliphatic heterocycles. The van der Waals surface area contributed by atoms with Crippen LogP contribution in [0.4, 0.5) is 0 Å². The fourth-order valence-corrected chi connectivity index (χ4v) is 4.53. The van der Waals surface area contributed by atoms with Gasteiger partial charge in [0.25, 0.3) is 0 Å². The van der Waals surface area contributed by atoms with Gasteiger partial charge < -0.3 is 9.97 Å². The minimum absolute atomic E-state index is 0.968. The standard InChI is InChI=1S/C21H20N4S2/c1-3-8-16(9-4-1)18-19(17-10-5-2-6-11-17)25-21(24-18)27-15-7-14-26-20-22-12-13-23-20/h1-6,8-13H,7,14-15H2,(H,22,23)(H,24,25). The van der Waals surface area contributed by atoms with E-state index in [0.717, 1.165) is 50.8 Å². The van der Waals surface area contributed by atoms with Crippen LogP contribution in [0.2, 0.25) is 0 Å². The third kappa shape index (κ3) is 4.64. The number of aromatic amines is 2. The van der Waals surface area contributed by atoms with E-state index in [0.29, 0.717) is 0 Å². The van der Waals surface area contributed by atoms with Crippen molar-refractivity contribution >= 4 is 23.5 Å². The van der Waals surface area contributed by atoms with Crippen LogP contribution in [0.1, 0.15) is 6.42 Å². The quantitative estimate of drug-likeness (QED) is 0.296. The summed E-state index contributed by atoms with van der Waals surface area (Å²) in [4.78, 5) is 15.8. The van der Waals surface area contributed by atoms with Crippen LogP contribution in [-0.4, -0.2) is 31.4 Å². The molecule has 2 heterocycles. The van der Waals surface area contributed by atoms with Crippen molar-refractivity contribution in [3.05, 3.63) is 73.1 Å². The zero-order valence-corrected chi connectivity index (χ0v) is 16.4. The van der Waals surface area contributed by atoms with E-state index in [9.17, 15) is 0 Å². The number of rotatable bonds is 8. The molecule has 27 heavy (non-hydrogen) atoms. The largest absolute Gasteiger partial charge is 0.340 e. The van der Waals surface area contributed by atoms with Crippen molar-refractivity contribution in [2.75, 3.05) is 11.5 Å². The Balaban J connectivity index is 1.46. The van der Waals surface area contributed by atoms with Gasteiger partial charge in [-0.05, 0) is 6.42 Å². The van der Waals surface area contributed by atoms with Gasteiger partial charge in [0.1, 0.15) is 0 Å². The first-order valence-electron chi connectivity index (χ1n) is 8.86. The zero-order chi connectivity index (χ0) is 18.3. The van der Waals surface area contributed by atoms with Gasteiger partial charge in [0.15, 0.2) is 10.3 Å². The smallest absolute Gasteiger partial charge is 0.166 e. The molecule has 2 N–H and O–H groups in total. The van der Waals surface area contributed by atoms with Gasteiger partial charge in [-0.1, -0.05) is 84.2 Å². The monoisotopic (exact) mass is 392 g/mol. The Bertz CT molecular complexity index is 894. The van der Waals surface area contributed by atoms with Crippen LogP contribution in [0.3, 0.4) is 0 Å². The van der Waals surface area contributed by atoms with Gasteiger partial charge in [0, 0.05) is 35.0 Å². The molecule has 136 valence electrons. The lowest BCUT2D eigenvalue weighted by Gasteiger charge is -2.02. The summed E-state index contributed by atoms with van der Waals surface area (Å²) in [5.41, 5.74) is 4.38. The van der Waals surface area contributed by atoms with E-state index in [1.807, 2.05) is 18.3 Å². The first kappa shape index (κ1) is 17.9. The molecule has 6 heteroatoms. The molecule has 0 aliphatic carbocycles. The molecular weight excluding hydrogens is 372 g/mol. The van der Waals surface area contributed by atoms with Crippen molar-refractivity contribution < 1.29 is 0 Å². The molecule has 0 amide bonds. The maximum absolute atomic E-state index is 4.89. The predicted molar refractivity (Wildman–Crippen MR) is 114 cm³/mol. The van der Waals surface area contributed by atoms with Gasteiger partial charge in [-0.15, -0.1) is 0 Å². The average molecular weight is 393 g/mol. The molecule has 0 radical (unpaired) electrons. The lowest BCUT2D eigenvalue weighted by atomic mass is 10.1. The molecule has 0 atom stereocenters. The van der Waals surface area contributed by atoms with E-state index in [2.05, 4.69) is 63.5 Å². The second kappa shape index (κ2) is 8.97. The van der Waals surface area contributed by atoms with Gasteiger partial charge in [-0.2, -0.15) is 0 Å². The van der Waals surface area contributed by atoms with E-state index < -0.39 is 0 Å². The number of hydrogen-bond acceptors (Lipinski definition) is 4. The van der Waals surface area contributed by atoms with E-state index in [4.69, 9.17) is 4.98 Å². The fraction of sp³-hybridized carbons (Fsp3) is 0.143. The Morgan fingerprint density at radius 3 is 2.11 bits per heavy atom. The highest BCUT2D eigenvalue weighted by Gasteiger charge is 2.14. The van der Waals surface area contributed by atoms with Gasteiger partial charge in [-0.25, -0.2) is 9.97 Å². The highest BCUT2D eigenvalue weighted by molar-refractivity contribution is 8.00. The van der Waals surface area contributed by atoms with Gasteiger partial charge in [0.05, 0.1) is 11.4 Å². The van der Waals surface area contributed by atoms with Crippen LogP contribution in [-0.2, 0) is 0 Å². The highest BCUT2D eigenvalue weighted by Crippen LogP contribution is 2.32. The molecule has 0 saturated heterocycles. The predicted octanol–water partition coefficient (Wildman–Crippen LogP) is 5.74. The highest BCUT2D eigenvalue weighted by atomic mass is 32.2. The Morgan fingerprint density at radius 1 is 0.778 bits per heavy atom. The third-order valence-corrected chi connectivity index (χ3v) is 5.98. The molecule has 4 aromatic rings. The minimum Gasteiger partial charge on any atom is -0.340 e. The second-order valence-corrected chi connectivity index (χ2v) is 8.11. The van der Waals surface area contributed by atoms with Crippen LogP contribution in [0, 0.1) is 0 Å². The number of imidazole rings is 2. The normalized spacial score (nSPS) is 11.0. The summed E-state index contributed by atoms with van der Waals surface area (Å²) in [6.07, 6.45) is 4.74. The number of H-pyrrole nitrogens is 2. The summed E-state index contributed by atoms with van der Waals surface area (Å²) in [5, 5.41) is 1.95. The Kier molecular flexibility index (Phi) is 5.96. The summed E-state index contributed by atoms with van der Waals surface area (Å²) in [5.74, 6) is 2.06. The number of hydrogen-bond donors (Lipinski definition) is 2. The summed E-state index contributed by atoms with van der Waals surface area (Å²) in [6, 6.07) is 20.7. The molecule has 0 aliphatic rings. The molecule has 2 aromatic carbocycles. The van der Waals surface area contributed by atoms with E-state index in [1.165, 1.54) is 0 Å². The van der Waals surface area contributed by atoms with E-state index in [-0.39, 0.29) is 0 Å². The summed E-state index contributed by atoms with van der Waals surface area (Å²) in [6.45, 7) is 0. The number of benzene rings is 2. The second-order valence-electron chi connectivity index (χ2n) is 5.94. The molecule has 0 fully saturated rings. The number of nitrogens with one attached hydrogen (secondary N) is 2. The molecule has 4 rings (SSSR count). The number of nitrogens with zero attached hydrogens (tertiary/aromatic N) is 2. The van der Waals surface area contributed by atoms with Gasteiger partial charge >= 0.3 is 0 Å². The number of thioether (sulfide) groups is 2. The van der Waals surface area contributed by atoms with Crippen molar-refractivity contribution in [2.45, 2.75) is 16.7 Å². The van der Waals surface area contributed by atoms with Crippen molar-refractivity contribution in [3.8, 4) is 22.5 Å². The van der Waals surface area contributed by atoms with Crippen molar-refractivity contribution in [1.29, 1.82) is 0 Å². The lowest BCUT2D eigenvalue weighted by Crippen LogP contribution is -1.86. The van der Waals surface area contributed by atoms with Crippen LogP contribution in [0.15, 0.2) is 83.4 Å². The first-order valence-corrected chi connectivity index (χ1v) is 10.8. The Labute approximate surface area is 167 Å². The molecular formula is C21H20N4S2. The molecule has 0 saturated carbocycles. The lowest BCUT2D eigenvalue weighted by molar-refractivity contribution is 1.03. The first-order chi connectivity index (χ1) is 13.4. The molecule has 0 unspecified atom stereocenters. The summed E-state index contributed by atoms with van der Waals surface area (Å²) >= 11 is 3.53. The molecule has 4 nitrogen and oxygen atoms in total.